The first-order chi connectivity index (χ1) is 15.1. The van der Waals surface area contributed by atoms with E-state index in [1.54, 1.807) is 24.3 Å². The molecule has 1 aromatic heterocycles. The molecule has 0 aliphatic rings. The zero-order valence-electron chi connectivity index (χ0n) is 16.5. The molecule has 1 heterocycles. The van der Waals surface area contributed by atoms with Gasteiger partial charge in [0.05, 0.1) is 20.4 Å². The topological polar surface area (TPSA) is 81.2 Å². The van der Waals surface area contributed by atoms with Crippen molar-refractivity contribution in [2.45, 2.75) is 14.1 Å². The first-order valence-electron chi connectivity index (χ1n) is 9.13. The van der Waals surface area contributed by atoms with E-state index in [4.69, 9.17) is 0 Å². The summed E-state index contributed by atoms with van der Waals surface area (Å²) in [6, 6.07) is 17.9. The molecule has 0 saturated carbocycles. The number of hydrogen-bond donors (Lipinski definition) is 0. The van der Waals surface area contributed by atoms with Gasteiger partial charge in [0, 0.05) is 16.3 Å². The van der Waals surface area contributed by atoms with E-state index >= 15 is 0 Å². The van der Waals surface area contributed by atoms with Crippen molar-refractivity contribution in [1.29, 1.82) is 0 Å². The van der Waals surface area contributed by atoms with Gasteiger partial charge in [-0.1, -0.05) is 28.1 Å². The minimum atomic E-state index is -3.90. The van der Waals surface area contributed by atoms with Crippen molar-refractivity contribution in [1.82, 2.24) is 4.98 Å². The van der Waals surface area contributed by atoms with Crippen LogP contribution in [0.1, 0.15) is 0 Å². The minimum Gasteiger partial charge on any atom is -0.224 e. The third-order valence-corrected chi connectivity index (χ3v) is 9.53. The zero-order valence-corrected chi connectivity index (χ0v) is 20.5. The normalized spacial score (nSPS) is 12.1. The van der Waals surface area contributed by atoms with Crippen LogP contribution in [0.15, 0.2) is 91.4 Å². The molecule has 0 aliphatic carbocycles. The Morgan fingerprint density at radius 1 is 0.781 bits per heavy atom. The van der Waals surface area contributed by atoms with E-state index in [2.05, 4.69) is 20.9 Å². The van der Waals surface area contributed by atoms with Crippen molar-refractivity contribution >= 4 is 46.9 Å². The largest absolute Gasteiger partial charge is 0.233 e. The van der Waals surface area contributed by atoms with Crippen molar-refractivity contribution < 1.29 is 21.2 Å². The van der Waals surface area contributed by atoms with Gasteiger partial charge in [-0.2, -0.15) is 0 Å². The van der Waals surface area contributed by atoms with Crippen LogP contribution in [-0.2, 0) is 19.7 Å². The highest BCUT2D eigenvalue weighted by atomic mass is 79.9. The molecule has 164 valence electrons. The molecule has 4 rings (SSSR count). The number of aromatic nitrogens is 1. The van der Waals surface area contributed by atoms with Crippen molar-refractivity contribution in [2.24, 2.45) is 0 Å². The summed E-state index contributed by atoms with van der Waals surface area (Å²) in [5.74, 6) is -0.425. The molecule has 0 fully saturated rings. The molecule has 10 heteroatoms. The van der Waals surface area contributed by atoms with Gasteiger partial charge in [0.1, 0.15) is 5.82 Å². The average molecular weight is 552 g/mol. The number of hydrogen-bond acceptors (Lipinski definition) is 6. The third kappa shape index (κ3) is 4.54. The maximum absolute atomic E-state index is 13.5. The van der Waals surface area contributed by atoms with Crippen LogP contribution in [-0.4, -0.2) is 28.1 Å². The molecule has 0 N–H and O–H groups in total. The van der Waals surface area contributed by atoms with Gasteiger partial charge >= 0.3 is 0 Å². The van der Waals surface area contributed by atoms with Gasteiger partial charge in [-0.25, -0.2) is 26.2 Å². The molecule has 0 spiro atoms. The predicted octanol–water partition coefficient (Wildman–Crippen LogP) is 5.62. The van der Waals surface area contributed by atoms with Crippen LogP contribution in [0, 0.1) is 5.82 Å². The summed E-state index contributed by atoms with van der Waals surface area (Å²) in [4.78, 5) is 5.19. The Bertz CT molecular complexity index is 1500. The van der Waals surface area contributed by atoms with Crippen LogP contribution in [0.5, 0.6) is 0 Å². The van der Waals surface area contributed by atoms with Crippen LogP contribution in [0.3, 0.4) is 0 Å². The van der Waals surface area contributed by atoms with Gasteiger partial charge < -0.3 is 0 Å². The monoisotopic (exact) mass is 551 g/mol. The number of halogens is 2. The molecule has 0 aliphatic heterocycles. The van der Waals surface area contributed by atoms with Gasteiger partial charge in [-0.05, 0) is 66.2 Å². The lowest BCUT2D eigenvalue weighted by Crippen LogP contribution is -2.01. The van der Waals surface area contributed by atoms with Gasteiger partial charge in [-0.15, -0.1) is 11.3 Å². The van der Waals surface area contributed by atoms with E-state index in [9.17, 15) is 21.2 Å². The molecular weight excluding hydrogens is 537 g/mol. The molecule has 32 heavy (non-hydrogen) atoms. The third-order valence-electron chi connectivity index (χ3n) is 4.62. The lowest BCUT2D eigenvalue weighted by Gasteiger charge is -2.04. The van der Waals surface area contributed by atoms with Crippen LogP contribution in [0.25, 0.3) is 21.7 Å². The minimum absolute atomic E-state index is 0.0964. The van der Waals surface area contributed by atoms with Crippen molar-refractivity contribution in [3.05, 3.63) is 83.1 Å². The molecule has 0 saturated heterocycles. The van der Waals surface area contributed by atoms with Crippen LogP contribution in [0.2, 0.25) is 0 Å². The Kier molecular flexibility index (Phi) is 6.06. The Hall–Kier alpha value is -2.40. The fourth-order valence-electron chi connectivity index (χ4n) is 2.98. The molecule has 5 nitrogen and oxygen atoms in total. The summed E-state index contributed by atoms with van der Waals surface area (Å²) in [5, 5.41) is 0. The zero-order chi connectivity index (χ0) is 23.1. The molecule has 0 unspecified atom stereocenters. The molecule has 0 bridgehead atoms. The van der Waals surface area contributed by atoms with Crippen molar-refractivity contribution in [3.8, 4) is 21.7 Å². The van der Waals surface area contributed by atoms with E-state index in [1.807, 2.05) is 0 Å². The van der Waals surface area contributed by atoms with Gasteiger partial charge in [-0.3, -0.25) is 0 Å². The summed E-state index contributed by atoms with van der Waals surface area (Å²) in [6.07, 6.45) is 1.11. The number of benzene rings is 3. The Morgan fingerprint density at radius 2 is 1.31 bits per heavy atom. The predicted molar refractivity (Wildman–Crippen MR) is 126 cm³/mol. The van der Waals surface area contributed by atoms with E-state index in [1.165, 1.54) is 48.5 Å². The Balaban J connectivity index is 1.89. The molecule has 4 aromatic rings. The Labute approximate surface area is 197 Å². The second-order valence-electron chi connectivity index (χ2n) is 6.92. The molecule has 0 radical (unpaired) electrons. The van der Waals surface area contributed by atoms with Crippen LogP contribution < -0.4 is 0 Å². The van der Waals surface area contributed by atoms with Gasteiger partial charge in [0.2, 0.25) is 14.2 Å². The SMILES string of the molecule is CS(=O)(=O)c1ccc(-c2sc(S(=O)(=O)c3ccc(Br)cc3)nc2-c2ccc(F)cc2)cc1. The van der Waals surface area contributed by atoms with Gasteiger partial charge in [0.15, 0.2) is 9.84 Å². The van der Waals surface area contributed by atoms with Crippen molar-refractivity contribution in [3.63, 3.8) is 0 Å². The summed E-state index contributed by atoms with van der Waals surface area (Å²) < 4.78 is 64.1. The first-order valence-corrected chi connectivity index (χ1v) is 14.1. The lowest BCUT2D eigenvalue weighted by atomic mass is 10.1. The maximum Gasteiger partial charge on any atom is 0.233 e. The van der Waals surface area contributed by atoms with E-state index in [0.29, 0.717) is 21.7 Å². The molecular formula is C22H15BrFNO4S3. The molecule has 0 amide bonds. The molecule has 3 aromatic carbocycles. The summed E-state index contributed by atoms with van der Waals surface area (Å²) in [6.45, 7) is 0. The smallest absolute Gasteiger partial charge is 0.224 e. The van der Waals surface area contributed by atoms with Crippen molar-refractivity contribution in [2.75, 3.05) is 6.26 Å². The number of nitrogens with zero attached hydrogens (tertiary/aromatic N) is 1. The van der Waals surface area contributed by atoms with E-state index in [0.717, 1.165) is 22.1 Å². The lowest BCUT2D eigenvalue weighted by molar-refractivity contribution is 0.595. The van der Waals surface area contributed by atoms with E-state index in [-0.39, 0.29) is 14.1 Å². The summed E-state index contributed by atoms with van der Waals surface area (Å²) >= 11 is 4.27. The Morgan fingerprint density at radius 3 is 1.88 bits per heavy atom. The second kappa shape index (κ2) is 8.51. The summed E-state index contributed by atoms with van der Waals surface area (Å²) in [5.41, 5.74) is 1.52. The average Bonchev–Trinajstić information content (AvgIpc) is 3.20. The standard InChI is InChI=1S/C22H15BrFNO4S3/c1-31(26,27)18-10-4-15(5-11-18)21-20(14-2-8-17(24)9-3-14)25-22(30-21)32(28,29)19-12-6-16(23)7-13-19/h2-13H,1H3. The fourth-order valence-corrected chi connectivity index (χ4v) is 6.59. The second-order valence-corrected chi connectivity index (χ2v) is 13.0. The number of rotatable bonds is 5. The van der Waals surface area contributed by atoms with Gasteiger partial charge in [0.25, 0.3) is 0 Å². The quantitative estimate of drug-likeness (QED) is 0.321. The van der Waals surface area contributed by atoms with Crippen LogP contribution in [0.4, 0.5) is 4.39 Å². The summed E-state index contributed by atoms with van der Waals surface area (Å²) in [7, 11) is -7.28. The van der Waals surface area contributed by atoms with Crippen LogP contribution >= 0.6 is 27.3 Å². The number of thiazole rings is 1. The highest BCUT2D eigenvalue weighted by Gasteiger charge is 2.26. The molecule has 0 atom stereocenters. The highest BCUT2D eigenvalue weighted by Crippen LogP contribution is 2.40. The maximum atomic E-state index is 13.5. The highest BCUT2D eigenvalue weighted by molar-refractivity contribution is 9.10. The number of sulfone groups is 2. The first kappa shape index (κ1) is 22.8. The van der Waals surface area contributed by atoms with E-state index < -0.39 is 25.5 Å². The fraction of sp³-hybridized carbons (Fsp3) is 0.0455.